The number of ether oxygens (including phenoxy) is 6. The van der Waals surface area contributed by atoms with Crippen molar-refractivity contribution in [3.8, 4) is 11.5 Å². The highest BCUT2D eigenvalue weighted by Gasteiger charge is 2.34. The Morgan fingerprint density at radius 3 is 2.73 bits per heavy atom. The lowest BCUT2D eigenvalue weighted by molar-refractivity contribution is -0.178. The van der Waals surface area contributed by atoms with Crippen LogP contribution < -0.4 is 4.74 Å². The average Bonchev–Trinajstić information content (AvgIpc) is 2.70. The molecule has 1 fully saturated rings. The largest absolute Gasteiger partial charge is 0.507 e. The van der Waals surface area contributed by atoms with Crippen LogP contribution in [0.25, 0.3) is 6.08 Å². The lowest BCUT2D eigenvalue weighted by Gasteiger charge is -2.37. The fourth-order valence-electron chi connectivity index (χ4n) is 3.82. The molecule has 2 aliphatic heterocycles. The Morgan fingerprint density at radius 2 is 1.97 bits per heavy atom. The van der Waals surface area contributed by atoms with Crippen molar-refractivity contribution in [2.45, 2.75) is 57.0 Å². The van der Waals surface area contributed by atoms with Crippen molar-refractivity contribution in [2.24, 2.45) is 0 Å². The third-order valence-corrected chi connectivity index (χ3v) is 5.19. The Bertz CT molecular complexity index is 747. The van der Waals surface area contributed by atoms with Crippen LogP contribution in [-0.4, -0.2) is 63.3 Å². The van der Waals surface area contributed by atoms with Gasteiger partial charge in [-0.1, -0.05) is 12.2 Å². The van der Waals surface area contributed by atoms with Crippen molar-refractivity contribution >= 4 is 12.0 Å². The smallest absolute Gasteiger partial charge is 0.342 e. The molecule has 8 nitrogen and oxygen atoms in total. The van der Waals surface area contributed by atoms with Gasteiger partial charge in [0.15, 0.2) is 6.79 Å². The summed E-state index contributed by atoms with van der Waals surface area (Å²) in [6, 6.07) is 3.07. The number of phenolic OH excluding ortho intramolecular Hbond substituents is 1. The quantitative estimate of drug-likeness (QED) is 0.552. The standard InChI is InChI=1S/C22H30O8/c1-14-9-20-19(28-13-26-3)8-7-16(30-20)6-4-5-15-10-17(27-12-25-2)11-18(23)21(15)22(24)29-14/h4-5,10-11,14,16,19-20,23H,6-9,12-13H2,1-3H3/b5-4+/t14-,16+,19-,20+/m0/s1. The number of aromatic hydroxyl groups is 1. The van der Waals surface area contributed by atoms with Crippen LogP contribution in [0.2, 0.25) is 0 Å². The monoisotopic (exact) mass is 422 g/mol. The molecule has 2 heterocycles. The molecule has 1 saturated heterocycles. The molecule has 2 bridgehead atoms. The van der Waals surface area contributed by atoms with Crippen LogP contribution >= 0.6 is 0 Å². The van der Waals surface area contributed by atoms with Crippen LogP contribution in [0, 0.1) is 0 Å². The van der Waals surface area contributed by atoms with Gasteiger partial charge in [-0.15, -0.1) is 0 Å². The van der Waals surface area contributed by atoms with E-state index in [0.29, 0.717) is 24.2 Å². The van der Waals surface area contributed by atoms with Crippen molar-refractivity contribution in [3.63, 3.8) is 0 Å². The highest BCUT2D eigenvalue weighted by atomic mass is 16.7. The summed E-state index contributed by atoms with van der Waals surface area (Å²) < 4.78 is 33.0. The highest BCUT2D eigenvalue weighted by molar-refractivity contribution is 5.97. The molecule has 0 aliphatic carbocycles. The van der Waals surface area contributed by atoms with Crippen LogP contribution in [0.15, 0.2) is 18.2 Å². The second kappa shape index (κ2) is 10.8. The number of rotatable bonds is 6. The van der Waals surface area contributed by atoms with Gasteiger partial charge >= 0.3 is 5.97 Å². The number of cyclic esters (lactones) is 1. The molecule has 0 radical (unpaired) electrons. The average molecular weight is 422 g/mol. The number of benzene rings is 1. The molecule has 30 heavy (non-hydrogen) atoms. The molecule has 0 unspecified atom stereocenters. The normalized spacial score (nSPS) is 27.9. The van der Waals surface area contributed by atoms with Crippen molar-refractivity contribution in [3.05, 3.63) is 29.3 Å². The molecule has 4 atom stereocenters. The van der Waals surface area contributed by atoms with Gasteiger partial charge in [-0.05, 0) is 37.8 Å². The van der Waals surface area contributed by atoms with Crippen LogP contribution in [0.5, 0.6) is 11.5 Å². The van der Waals surface area contributed by atoms with E-state index in [4.69, 9.17) is 28.4 Å². The zero-order valence-electron chi connectivity index (χ0n) is 17.7. The summed E-state index contributed by atoms with van der Waals surface area (Å²) in [6.45, 7) is 2.04. The molecular formula is C22H30O8. The number of phenols is 1. The number of methoxy groups -OCH3 is 2. The second-order valence-electron chi connectivity index (χ2n) is 7.53. The molecule has 1 aromatic rings. The van der Waals surface area contributed by atoms with Crippen LogP contribution in [-0.2, 0) is 23.7 Å². The number of carbonyl (C=O) groups is 1. The van der Waals surface area contributed by atoms with E-state index in [9.17, 15) is 9.90 Å². The van der Waals surface area contributed by atoms with E-state index in [0.717, 1.165) is 12.8 Å². The van der Waals surface area contributed by atoms with Gasteiger partial charge in [-0.25, -0.2) is 4.79 Å². The van der Waals surface area contributed by atoms with Crippen molar-refractivity contribution in [1.29, 1.82) is 0 Å². The van der Waals surface area contributed by atoms with Crippen molar-refractivity contribution in [1.82, 2.24) is 0 Å². The summed E-state index contributed by atoms with van der Waals surface area (Å²) in [5.74, 6) is -0.395. The van der Waals surface area contributed by atoms with Gasteiger partial charge in [0.1, 0.15) is 30.0 Å². The predicted molar refractivity (Wildman–Crippen MR) is 108 cm³/mol. The molecule has 0 saturated carbocycles. The first-order chi connectivity index (χ1) is 14.5. The molecule has 0 amide bonds. The Balaban J connectivity index is 1.86. The van der Waals surface area contributed by atoms with Gasteiger partial charge in [0, 0.05) is 26.7 Å². The lowest BCUT2D eigenvalue weighted by atomic mass is 9.95. The summed E-state index contributed by atoms with van der Waals surface area (Å²) in [4.78, 5) is 12.8. The van der Waals surface area contributed by atoms with Crippen molar-refractivity contribution in [2.75, 3.05) is 27.8 Å². The molecule has 2 aliphatic rings. The van der Waals surface area contributed by atoms with Crippen LogP contribution in [0.4, 0.5) is 0 Å². The van der Waals surface area contributed by atoms with Gasteiger partial charge in [-0.2, -0.15) is 0 Å². The first-order valence-electron chi connectivity index (χ1n) is 10.1. The molecule has 166 valence electrons. The van der Waals surface area contributed by atoms with Crippen molar-refractivity contribution < 1.29 is 38.3 Å². The molecule has 0 spiro atoms. The van der Waals surface area contributed by atoms with Gasteiger partial charge in [0.25, 0.3) is 0 Å². The van der Waals surface area contributed by atoms with Gasteiger partial charge < -0.3 is 33.5 Å². The van der Waals surface area contributed by atoms with Gasteiger partial charge in [0.05, 0.1) is 18.3 Å². The number of fused-ring (bicyclic) bond motifs is 3. The number of esters is 1. The fourth-order valence-corrected chi connectivity index (χ4v) is 3.82. The molecule has 3 rings (SSSR count). The van der Waals surface area contributed by atoms with Gasteiger partial charge in [-0.3, -0.25) is 0 Å². The maximum absolute atomic E-state index is 12.8. The summed E-state index contributed by atoms with van der Waals surface area (Å²) >= 11 is 0. The van der Waals surface area contributed by atoms with E-state index in [-0.39, 0.29) is 43.2 Å². The Hall–Kier alpha value is -2.13. The number of hydrogen-bond acceptors (Lipinski definition) is 8. The molecule has 1 aromatic carbocycles. The van der Waals surface area contributed by atoms with E-state index in [2.05, 4.69) is 0 Å². The molecule has 8 heteroatoms. The zero-order valence-corrected chi connectivity index (χ0v) is 17.7. The number of hydrogen-bond donors (Lipinski definition) is 1. The second-order valence-corrected chi connectivity index (χ2v) is 7.53. The Labute approximate surface area is 176 Å². The minimum atomic E-state index is -0.597. The maximum atomic E-state index is 12.8. The molecule has 1 N–H and O–H groups in total. The summed E-state index contributed by atoms with van der Waals surface area (Å²) in [6.07, 6.45) is 5.91. The van der Waals surface area contributed by atoms with E-state index in [1.807, 2.05) is 13.0 Å². The Morgan fingerprint density at radius 1 is 1.17 bits per heavy atom. The predicted octanol–water partition coefficient (Wildman–Crippen LogP) is 3.26. The SMILES string of the molecule is COCOc1cc(O)c2c(c1)/C=C/C[C@@H]1CC[C@H](OCOC)[C@@H](C[C@H](C)OC2=O)O1. The Kier molecular flexibility index (Phi) is 8.09. The van der Waals surface area contributed by atoms with Crippen LogP contribution in [0.3, 0.4) is 0 Å². The summed E-state index contributed by atoms with van der Waals surface area (Å²) in [5.41, 5.74) is 0.634. The summed E-state index contributed by atoms with van der Waals surface area (Å²) in [5, 5.41) is 10.5. The first-order valence-corrected chi connectivity index (χ1v) is 10.1. The topological polar surface area (TPSA) is 92.7 Å². The maximum Gasteiger partial charge on any atom is 0.342 e. The van der Waals surface area contributed by atoms with E-state index in [1.165, 1.54) is 13.2 Å². The molecular weight excluding hydrogens is 392 g/mol. The minimum absolute atomic E-state index is 0.0348. The van der Waals surface area contributed by atoms with Gasteiger partial charge in [0.2, 0.25) is 0 Å². The van der Waals surface area contributed by atoms with Crippen LogP contribution in [0.1, 0.15) is 48.5 Å². The van der Waals surface area contributed by atoms with E-state index >= 15 is 0 Å². The van der Waals surface area contributed by atoms with E-state index < -0.39 is 12.1 Å². The minimum Gasteiger partial charge on any atom is -0.507 e. The molecule has 0 aromatic heterocycles. The van der Waals surface area contributed by atoms with E-state index in [1.54, 1.807) is 19.3 Å². The summed E-state index contributed by atoms with van der Waals surface area (Å²) in [7, 11) is 3.09. The first kappa shape index (κ1) is 22.6. The zero-order chi connectivity index (χ0) is 21.5. The third kappa shape index (κ3) is 5.72. The number of carbonyl (C=O) groups excluding carboxylic acids is 1. The highest BCUT2D eigenvalue weighted by Crippen LogP contribution is 2.33. The fraction of sp³-hybridized carbons (Fsp3) is 0.591. The lowest BCUT2D eigenvalue weighted by Crippen LogP contribution is -2.42. The third-order valence-electron chi connectivity index (χ3n) is 5.19.